The second-order valence-electron chi connectivity index (χ2n) is 7.83. The summed E-state index contributed by atoms with van der Waals surface area (Å²) in [5.41, 5.74) is 3.00. The monoisotopic (exact) mass is 505 g/mol. The molecular formula is C22H24BrN3O4S. The van der Waals surface area contributed by atoms with Crippen molar-refractivity contribution in [3.8, 4) is 0 Å². The molecule has 1 amide bonds. The first-order valence-corrected chi connectivity index (χ1v) is 12.4. The van der Waals surface area contributed by atoms with E-state index in [1.54, 1.807) is 23.1 Å². The highest BCUT2D eigenvalue weighted by Gasteiger charge is 2.36. The zero-order valence-corrected chi connectivity index (χ0v) is 19.9. The number of sulfonamides is 1. The highest BCUT2D eigenvalue weighted by Crippen LogP contribution is 2.39. The van der Waals surface area contributed by atoms with Gasteiger partial charge in [0.15, 0.2) is 5.78 Å². The van der Waals surface area contributed by atoms with Crippen molar-refractivity contribution < 1.29 is 18.0 Å². The number of fused-ring (bicyclic) bond motifs is 1. The van der Waals surface area contributed by atoms with Crippen molar-refractivity contribution in [1.82, 2.24) is 4.31 Å². The van der Waals surface area contributed by atoms with Gasteiger partial charge in [0.05, 0.1) is 5.69 Å². The fourth-order valence-corrected chi connectivity index (χ4v) is 6.55. The van der Waals surface area contributed by atoms with Crippen LogP contribution in [0.2, 0.25) is 0 Å². The van der Waals surface area contributed by atoms with Gasteiger partial charge in [0, 0.05) is 55.4 Å². The van der Waals surface area contributed by atoms with E-state index in [1.807, 2.05) is 18.2 Å². The van der Waals surface area contributed by atoms with E-state index in [0.717, 1.165) is 11.3 Å². The third-order valence-corrected chi connectivity index (χ3v) is 8.24. The average molecular weight is 506 g/mol. The molecule has 31 heavy (non-hydrogen) atoms. The number of nitrogens with zero attached hydrogens (tertiary/aromatic N) is 3. The minimum atomic E-state index is -3.76. The van der Waals surface area contributed by atoms with Crippen molar-refractivity contribution in [3.63, 3.8) is 0 Å². The molecule has 2 heterocycles. The maximum atomic E-state index is 13.5. The zero-order chi connectivity index (χ0) is 22.3. The highest BCUT2D eigenvalue weighted by molar-refractivity contribution is 9.10. The number of rotatable bonds is 4. The Bertz CT molecular complexity index is 1140. The van der Waals surface area contributed by atoms with E-state index in [4.69, 9.17) is 0 Å². The summed E-state index contributed by atoms with van der Waals surface area (Å²) in [5.74, 6) is -0.139. The summed E-state index contributed by atoms with van der Waals surface area (Å²) < 4.78 is 29.3. The van der Waals surface area contributed by atoms with Crippen LogP contribution in [0.5, 0.6) is 0 Å². The smallest absolute Gasteiger partial charge is 0.245 e. The number of benzene rings is 2. The first-order valence-electron chi connectivity index (χ1n) is 10.1. The number of halogens is 1. The van der Waals surface area contributed by atoms with Gasteiger partial charge in [0.1, 0.15) is 4.90 Å². The second-order valence-corrected chi connectivity index (χ2v) is 10.6. The Kier molecular flexibility index (Phi) is 5.93. The van der Waals surface area contributed by atoms with Crippen molar-refractivity contribution >= 4 is 49.0 Å². The van der Waals surface area contributed by atoms with Gasteiger partial charge in [-0.25, -0.2) is 8.42 Å². The molecule has 0 saturated carbocycles. The molecule has 0 unspecified atom stereocenters. The topological polar surface area (TPSA) is 78.0 Å². The fourth-order valence-electron chi connectivity index (χ4n) is 4.21. The van der Waals surface area contributed by atoms with E-state index in [2.05, 4.69) is 20.8 Å². The molecule has 0 N–H and O–H groups in total. The Morgan fingerprint density at radius 1 is 0.935 bits per heavy atom. The van der Waals surface area contributed by atoms with Gasteiger partial charge in [-0.3, -0.25) is 9.59 Å². The molecule has 0 bridgehead atoms. The summed E-state index contributed by atoms with van der Waals surface area (Å²) in [7, 11) is -3.76. The molecule has 0 atom stereocenters. The van der Waals surface area contributed by atoms with Crippen LogP contribution in [0.3, 0.4) is 0 Å². The van der Waals surface area contributed by atoms with Crippen LogP contribution in [-0.2, 0) is 21.2 Å². The Hall–Kier alpha value is -2.23. The summed E-state index contributed by atoms with van der Waals surface area (Å²) in [5, 5.41) is 0. The predicted octanol–water partition coefficient (Wildman–Crippen LogP) is 3.07. The lowest BCUT2D eigenvalue weighted by Crippen LogP contribution is -2.48. The maximum Gasteiger partial charge on any atom is 0.245 e. The van der Waals surface area contributed by atoms with Crippen LogP contribution >= 0.6 is 15.9 Å². The number of piperazine rings is 1. The summed E-state index contributed by atoms with van der Waals surface area (Å²) in [6.07, 6.45) is 0.640. The minimum Gasteiger partial charge on any atom is -0.369 e. The highest BCUT2D eigenvalue weighted by atomic mass is 79.9. The molecule has 0 radical (unpaired) electrons. The Labute approximate surface area is 190 Å². The first-order chi connectivity index (χ1) is 14.7. The lowest BCUT2D eigenvalue weighted by molar-refractivity contribution is -0.116. The number of ketones is 1. The van der Waals surface area contributed by atoms with Gasteiger partial charge >= 0.3 is 0 Å². The van der Waals surface area contributed by atoms with E-state index in [-0.39, 0.29) is 16.6 Å². The van der Waals surface area contributed by atoms with Crippen LogP contribution in [0.15, 0.2) is 45.8 Å². The van der Waals surface area contributed by atoms with Crippen LogP contribution in [0.1, 0.15) is 29.8 Å². The van der Waals surface area contributed by atoms with Crippen molar-refractivity contribution in [2.45, 2.75) is 25.2 Å². The number of anilines is 2. The van der Waals surface area contributed by atoms with Gasteiger partial charge < -0.3 is 9.80 Å². The summed E-state index contributed by atoms with van der Waals surface area (Å²) in [6.45, 7) is 5.27. The third-order valence-electron chi connectivity index (χ3n) is 5.87. The quantitative estimate of drug-likeness (QED) is 0.596. The van der Waals surface area contributed by atoms with Crippen LogP contribution in [-0.4, -0.2) is 57.1 Å². The largest absolute Gasteiger partial charge is 0.369 e. The molecule has 7 nitrogen and oxygen atoms in total. The molecule has 164 valence electrons. The van der Waals surface area contributed by atoms with E-state index in [0.29, 0.717) is 54.9 Å². The van der Waals surface area contributed by atoms with E-state index in [9.17, 15) is 18.0 Å². The van der Waals surface area contributed by atoms with Gasteiger partial charge in [0.2, 0.25) is 15.9 Å². The lowest BCUT2D eigenvalue weighted by atomic mass is 10.1. The molecule has 2 aliphatic rings. The molecule has 9 heteroatoms. The van der Waals surface area contributed by atoms with E-state index in [1.165, 1.54) is 18.2 Å². The van der Waals surface area contributed by atoms with Crippen molar-refractivity contribution in [3.05, 3.63) is 52.0 Å². The number of carbonyl (C=O) groups excluding carboxylic acids is 2. The summed E-state index contributed by atoms with van der Waals surface area (Å²) >= 11 is 3.43. The predicted molar refractivity (Wildman–Crippen MR) is 123 cm³/mol. The third kappa shape index (κ3) is 4.14. The molecule has 0 aliphatic carbocycles. The zero-order valence-electron chi connectivity index (χ0n) is 17.5. The minimum absolute atomic E-state index is 0.0172. The fraction of sp³-hybridized carbons (Fsp3) is 0.364. The number of hydrogen-bond acceptors (Lipinski definition) is 5. The Balaban J connectivity index is 1.57. The number of carbonyl (C=O) groups is 2. The normalized spacial score (nSPS) is 17.0. The number of amides is 1. The SMILES string of the molecule is CC(=O)c1ccc(N2CCN(S(=O)(=O)c3cc(Br)cc4c3N(C(C)=O)CC4)CC2)cc1. The second kappa shape index (κ2) is 8.37. The molecule has 2 aliphatic heterocycles. The average Bonchev–Trinajstić information content (AvgIpc) is 3.17. The summed E-state index contributed by atoms with van der Waals surface area (Å²) in [4.78, 5) is 27.4. The van der Waals surface area contributed by atoms with Gasteiger partial charge in [-0.05, 0) is 55.3 Å². The number of Topliss-reactive ketones (excluding diaryl/α,β-unsaturated/α-hetero) is 1. The van der Waals surface area contributed by atoms with Crippen LogP contribution in [0.25, 0.3) is 0 Å². The van der Waals surface area contributed by atoms with Gasteiger partial charge in [0.25, 0.3) is 0 Å². The van der Waals surface area contributed by atoms with Crippen molar-refractivity contribution in [1.29, 1.82) is 0 Å². The Morgan fingerprint density at radius 3 is 2.16 bits per heavy atom. The molecule has 1 saturated heterocycles. The molecular weight excluding hydrogens is 482 g/mol. The molecule has 0 aromatic heterocycles. The molecule has 0 spiro atoms. The molecule has 4 rings (SSSR count). The standard InChI is InChI=1S/C22H24BrN3O4S/c1-15(27)17-3-5-20(6-4-17)24-9-11-25(12-10-24)31(29,30)21-14-19(23)13-18-7-8-26(16(2)28)22(18)21/h3-6,13-14H,7-12H2,1-2H3. The van der Waals surface area contributed by atoms with E-state index < -0.39 is 10.0 Å². The molecule has 1 fully saturated rings. The maximum absolute atomic E-state index is 13.5. The first kappa shape index (κ1) is 22.0. The molecule has 2 aromatic carbocycles. The van der Waals surface area contributed by atoms with Crippen LogP contribution in [0.4, 0.5) is 11.4 Å². The van der Waals surface area contributed by atoms with Crippen molar-refractivity contribution in [2.75, 3.05) is 42.5 Å². The van der Waals surface area contributed by atoms with Crippen molar-refractivity contribution in [2.24, 2.45) is 0 Å². The number of hydrogen-bond donors (Lipinski definition) is 0. The van der Waals surface area contributed by atoms with Gasteiger partial charge in [-0.1, -0.05) is 15.9 Å². The van der Waals surface area contributed by atoms with E-state index >= 15 is 0 Å². The summed E-state index contributed by atoms with van der Waals surface area (Å²) in [6, 6.07) is 10.9. The van der Waals surface area contributed by atoms with Gasteiger partial charge in [-0.15, -0.1) is 0 Å². The Morgan fingerprint density at radius 2 is 1.58 bits per heavy atom. The van der Waals surface area contributed by atoms with Crippen LogP contribution in [0, 0.1) is 0 Å². The van der Waals surface area contributed by atoms with Crippen LogP contribution < -0.4 is 9.80 Å². The lowest BCUT2D eigenvalue weighted by Gasteiger charge is -2.36. The van der Waals surface area contributed by atoms with Gasteiger partial charge in [-0.2, -0.15) is 4.31 Å². The molecule has 2 aromatic rings.